The van der Waals surface area contributed by atoms with Crippen LogP contribution < -0.4 is 10.4 Å². The maximum atomic E-state index is 12.5. The fourth-order valence-corrected chi connectivity index (χ4v) is 6.97. The first-order chi connectivity index (χ1) is 13.2. The minimum atomic E-state index is -2.48. The normalized spacial score (nSPS) is 18.3. The molecule has 1 aromatic heterocycles. The molecule has 4 rings (SSSR count). The average Bonchev–Trinajstić information content (AvgIpc) is 3.35. The largest absolute Gasteiger partial charge is 0.398 e. The van der Waals surface area contributed by atoms with Gasteiger partial charge in [-0.3, -0.25) is 4.79 Å². The number of benzene rings is 2. The molecule has 27 heavy (non-hydrogen) atoms. The monoisotopic (exact) mass is 388 g/mol. The van der Waals surface area contributed by atoms with Gasteiger partial charge in [0.1, 0.15) is 0 Å². The van der Waals surface area contributed by atoms with Crippen LogP contribution in [0.3, 0.4) is 0 Å². The maximum absolute atomic E-state index is 12.5. The van der Waals surface area contributed by atoms with E-state index in [1.807, 2.05) is 65.4 Å². The van der Waals surface area contributed by atoms with Gasteiger partial charge in [-0.25, -0.2) is 0 Å². The van der Waals surface area contributed by atoms with Crippen LogP contribution in [0.15, 0.2) is 95.2 Å². The van der Waals surface area contributed by atoms with E-state index in [2.05, 4.69) is 30.8 Å². The van der Waals surface area contributed by atoms with E-state index >= 15 is 0 Å². The molecule has 1 aliphatic rings. The summed E-state index contributed by atoms with van der Waals surface area (Å²) >= 11 is 1.62. The number of rotatable bonds is 5. The predicted octanol–water partition coefficient (Wildman–Crippen LogP) is 4.05. The van der Waals surface area contributed by atoms with Gasteiger partial charge in [-0.15, -0.1) is 0 Å². The van der Waals surface area contributed by atoms with E-state index in [9.17, 15) is 4.79 Å². The minimum Gasteiger partial charge on any atom is -0.398 e. The third-order valence-electron chi connectivity index (χ3n) is 4.89. The number of hydrogen-bond acceptors (Lipinski definition) is 3. The van der Waals surface area contributed by atoms with Crippen LogP contribution in [0.2, 0.25) is 6.55 Å². The molecule has 0 N–H and O–H groups in total. The van der Waals surface area contributed by atoms with Crippen LogP contribution in [-0.2, 0) is 9.22 Å². The van der Waals surface area contributed by atoms with Crippen molar-refractivity contribution in [2.24, 2.45) is 0 Å². The molecule has 0 saturated carbocycles. The van der Waals surface area contributed by atoms with Crippen LogP contribution in [0, 0.1) is 0 Å². The summed E-state index contributed by atoms with van der Waals surface area (Å²) < 4.78 is 6.77. The lowest BCUT2D eigenvalue weighted by Crippen LogP contribution is -2.59. The van der Waals surface area contributed by atoms with E-state index in [0.717, 1.165) is 5.56 Å². The van der Waals surface area contributed by atoms with Crippen LogP contribution in [0.4, 0.5) is 0 Å². The highest BCUT2D eigenvalue weighted by Crippen LogP contribution is 2.25. The fraction of sp³-hybridized carbons (Fsp3) is 0.0870. The Bertz CT molecular complexity index is 936. The number of hydrogen-bond donors (Lipinski definition) is 0. The summed E-state index contributed by atoms with van der Waals surface area (Å²) in [6.07, 6.45) is 5.15. The molecule has 0 bridgehead atoms. The fourth-order valence-electron chi connectivity index (χ4n) is 3.38. The average molecular weight is 389 g/mol. The van der Waals surface area contributed by atoms with Crippen molar-refractivity contribution in [2.45, 2.75) is 12.7 Å². The molecule has 0 saturated heterocycles. The molecule has 1 heterocycles. The predicted molar refractivity (Wildman–Crippen MR) is 115 cm³/mol. The van der Waals surface area contributed by atoms with E-state index < -0.39 is 8.32 Å². The molecule has 2 nitrogen and oxygen atoms in total. The molecule has 4 heteroatoms. The number of carbonyl (C=O) groups excluding carboxylic acids is 1. The minimum absolute atomic E-state index is 0.0312. The van der Waals surface area contributed by atoms with Gasteiger partial charge in [0.15, 0.2) is 5.78 Å². The Labute approximate surface area is 164 Å². The van der Waals surface area contributed by atoms with Gasteiger partial charge < -0.3 is 4.43 Å². The van der Waals surface area contributed by atoms with Gasteiger partial charge in [0.2, 0.25) is 0 Å². The highest BCUT2D eigenvalue weighted by molar-refractivity contribution is 7.08. The lowest BCUT2D eigenvalue weighted by molar-refractivity contribution is -0.111. The van der Waals surface area contributed by atoms with Gasteiger partial charge in [0.05, 0.1) is 6.10 Å². The van der Waals surface area contributed by atoms with Crippen molar-refractivity contribution < 1.29 is 9.22 Å². The Morgan fingerprint density at radius 2 is 1.59 bits per heavy atom. The molecule has 2 aromatic carbocycles. The second-order valence-electron chi connectivity index (χ2n) is 6.68. The summed E-state index contributed by atoms with van der Waals surface area (Å²) in [6, 6.07) is 22.7. The van der Waals surface area contributed by atoms with E-state index in [-0.39, 0.29) is 11.9 Å². The Morgan fingerprint density at radius 3 is 2.15 bits per heavy atom. The summed E-state index contributed by atoms with van der Waals surface area (Å²) in [6.45, 7) is 2.20. The number of ketones is 1. The number of carbonyl (C=O) groups is 1. The van der Waals surface area contributed by atoms with Crippen molar-refractivity contribution in [3.63, 3.8) is 0 Å². The highest BCUT2D eigenvalue weighted by Gasteiger charge is 2.38. The van der Waals surface area contributed by atoms with Crippen LogP contribution in [-0.4, -0.2) is 20.2 Å². The molecule has 0 fully saturated rings. The summed E-state index contributed by atoms with van der Waals surface area (Å²) in [5.74, 6) is 0.0312. The lowest BCUT2D eigenvalue weighted by atomic mass is 10.1. The molecule has 1 aliphatic carbocycles. The summed E-state index contributed by atoms with van der Waals surface area (Å²) in [5.41, 5.74) is 1.75. The molecular weight excluding hydrogens is 368 g/mol. The Hall–Kier alpha value is -2.53. The third-order valence-corrected chi connectivity index (χ3v) is 9.19. The Kier molecular flexibility index (Phi) is 5.03. The quantitative estimate of drug-likeness (QED) is 0.487. The van der Waals surface area contributed by atoms with E-state index in [4.69, 9.17) is 4.43 Å². The smallest absolute Gasteiger partial charge is 0.254 e. The lowest BCUT2D eigenvalue weighted by Gasteiger charge is -2.31. The van der Waals surface area contributed by atoms with Crippen molar-refractivity contribution in [1.29, 1.82) is 0 Å². The first kappa shape index (κ1) is 17.9. The molecule has 1 unspecified atom stereocenters. The van der Waals surface area contributed by atoms with Crippen molar-refractivity contribution >= 4 is 41.9 Å². The van der Waals surface area contributed by atoms with Gasteiger partial charge in [-0.1, -0.05) is 60.7 Å². The SMILES string of the molecule is C[Si](OC1C=CC(=O)/C1=C\c1ccsc1)(c1ccccc1)c1ccccc1. The summed E-state index contributed by atoms with van der Waals surface area (Å²) in [4.78, 5) is 12.5. The first-order valence-corrected chi connectivity index (χ1v) is 12.3. The third kappa shape index (κ3) is 3.65. The molecule has 3 aromatic rings. The van der Waals surface area contributed by atoms with E-state index in [0.29, 0.717) is 5.57 Å². The summed E-state index contributed by atoms with van der Waals surface area (Å²) in [5, 5.41) is 6.44. The molecule has 0 radical (unpaired) electrons. The highest BCUT2D eigenvalue weighted by atomic mass is 32.1. The van der Waals surface area contributed by atoms with Crippen LogP contribution in [0.25, 0.3) is 6.08 Å². The number of allylic oxidation sites excluding steroid dienone is 1. The van der Waals surface area contributed by atoms with Crippen LogP contribution >= 0.6 is 11.3 Å². The molecule has 0 aliphatic heterocycles. The standard InChI is InChI=1S/C23H20O2SSi/c1-27(19-8-4-2-5-9-19,20-10-6-3-7-11-20)25-23-13-12-22(24)21(23)16-18-14-15-26-17-18/h2-17,23H,1H3/b21-16+. The van der Waals surface area contributed by atoms with Crippen LogP contribution in [0.1, 0.15) is 5.56 Å². The van der Waals surface area contributed by atoms with Gasteiger partial charge in [0.25, 0.3) is 8.32 Å². The molecule has 0 amide bonds. The molecule has 1 atom stereocenters. The van der Waals surface area contributed by atoms with E-state index in [1.165, 1.54) is 10.4 Å². The number of thiophene rings is 1. The zero-order chi connectivity index (χ0) is 18.7. The second kappa shape index (κ2) is 7.60. The van der Waals surface area contributed by atoms with Crippen molar-refractivity contribution in [1.82, 2.24) is 0 Å². The van der Waals surface area contributed by atoms with Gasteiger partial charge in [-0.2, -0.15) is 11.3 Å². The topological polar surface area (TPSA) is 26.3 Å². The van der Waals surface area contributed by atoms with Crippen molar-refractivity contribution in [3.05, 3.63) is 101 Å². The molecule has 0 spiro atoms. The Balaban J connectivity index is 1.74. The molecule has 134 valence electrons. The Morgan fingerprint density at radius 1 is 0.963 bits per heavy atom. The van der Waals surface area contributed by atoms with Crippen LogP contribution in [0.5, 0.6) is 0 Å². The van der Waals surface area contributed by atoms with Crippen molar-refractivity contribution in [3.8, 4) is 0 Å². The zero-order valence-electron chi connectivity index (χ0n) is 15.0. The molecular formula is C23H20O2SSi. The van der Waals surface area contributed by atoms with Gasteiger partial charge >= 0.3 is 0 Å². The van der Waals surface area contributed by atoms with E-state index in [1.54, 1.807) is 17.4 Å². The van der Waals surface area contributed by atoms with Gasteiger partial charge in [-0.05, 0) is 57.5 Å². The van der Waals surface area contributed by atoms with Crippen molar-refractivity contribution in [2.75, 3.05) is 0 Å². The second-order valence-corrected chi connectivity index (χ2v) is 10.9. The first-order valence-electron chi connectivity index (χ1n) is 8.92. The zero-order valence-corrected chi connectivity index (χ0v) is 16.9. The van der Waals surface area contributed by atoms with Gasteiger partial charge in [0, 0.05) is 5.57 Å². The summed E-state index contributed by atoms with van der Waals surface area (Å²) in [7, 11) is -2.48. The maximum Gasteiger partial charge on any atom is 0.254 e.